The average molecular weight is 424 g/mol. The number of nitro benzene ring substituents is 1. The van der Waals surface area contributed by atoms with Crippen LogP contribution in [0.4, 0.5) is 11.4 Å². The van der Waals surface area contributed by atoms with E-state index in [0.717, 1.165) is 18.4 Å². The summed E-state index contributed by atoms with van der Waals surface area (Å²) in [7, 11) is -3.87. The highest BCUT2D eigenvalue weighted by Crippen LogP contribution is 2.41. The molecule has 2 aromatic rings. The predicted octanol–water partition coefficient (Wildman–Crippen LogP) is 3.02. The summed E-state index contributed by atoms with van der Waals surface area (Å²) in [6.07, 6.45) is 1.86. The van der Waals surface area contributed by atoms with Crippen LogP contribution >= 0.6 is 11.3 Å². The monoisotopic (exact) mass is 423 g/mol. The third-order valence-electron chi connectivity index (χ3n) is 5.23. The second-order valence-electron chi connectivity index (χ2n) is 6.83. The molecule has 3 heterocycles. The van der Waals surface area contributed by atoms with Gasteiger partial charge < -0.3 is 9.64 Å². The Labute approximate surface area is 167 Å². The maximum Gasteiger partial charge on any atom is 0.270 e. The second kappa shape index (κ2) is 7.78. The van der Waals surface area contributed by atoms with Gasteiger partial charge in [-0.2, -0.15) is 15.6 Å². The van der Waals surface area contributed by atoms with Crippen LogP contribution in [-0.4, -0.2) is 50.5 Å². The quantitative estimate of drug-likeness (QED) is 0.542. The molecule has 0 unspecified atom stereocenters. The molecule has 28 heavy (non-hydrogen) atoms. The molecule has 0 bridgehead atoms. The number of nitro groups is 1. The standard InChI is InChI=1S/C18H21N3O5S2/c22-21(23)15-3-4-17(20-6-1-2-16(20)14-5-11-27-13-14)18(12-15)28(24,25)19-7-9-26-10-8-19/h3-5,11-13,16H,1-2,6-10H2/t16-/m1/s1. The molecule has 0 amide bonds. The molecular formula is C18H21N3O5S2. The van der Waals surface area contributed by atoms with Crippen LogP contribution in [0.3, 0.4) is 0 Å². The van der Waals surface area contributed by atoms with Gasteiger partial charge in [-0.25, -0.2) is 8.42 Å². The van der Waals surface area contributed by atoms with Gasteiger partial charge >= 0.3 is 0 Å². The lowest BCUT2D eigenvalue weighted by atomic mass is 10.1. The molecule has 0 aliphatic carbocycles. The Kier molecular flexibility index (Phi) is 5.37. The third kappa shape index (κ3) is 3.52. The van der Waals surface area contributed by atoms with E-state index < -0.39 is 14.9 Å². The minimum Gasteiger partial charge on any atom is -0.379 e. The van der Waals surface area contributed by atoms with Crippen molar-refractivity contribution in [3.05, 3.63) is 50.7 Å². The van der Waals surface area contributed by atoms with E-state index in [4.69, 9.17) is 4.74 Å². The highest BCUT2D eigenvalue weighted by atomic mass is 32.2. The number of nitrogens with zero attached hydrogens (tertiary/aromatic N) is 3. The minimum atomic E-state index is -3.87. The van der Waals surface area contributed by atoms with Gasteiger partial charge in [0.05, 0.1) is 29.9 Å². The number of thiophene rings is 1. The Balaban J connectivity index is 1.80. The van der Waals surface area contributed by atoms with Gasteiger partial charge in [0, 0.05) is 31.8 Å². The van der Waals surface area contributed by atoms with Gasteiger partial charge in [-0.3, -0.25) is 10.1 Å². The van der Waals surface area contributed by atoms with Gasteiger partial charge in [0.1, 0.15) is 4.90 Å². The minimum absolute atomic E-state index is 0.00531. The zero-order chi connectivity index (χ0) is 19.7. The van der Waals surface area contributed by atoms with Crippen molar-refractivity contribution in [2.45, 2.75) is 23.8 Å². The smallest absolute Gasteiger partial charge is 0.270 e. The van der Waals surface area contributed by atoms with Gasteiger partial charge in [0.15, 0.2) is 0 Å². The largest absolute Gasteiger partial charge is 0.379 e. The fraction of sp³-hybridized carbons (Fsp3) is 0.444. The number of hydrogen-bond acceptors (Lipinski definition) is 7. The molecule has 0 spiro atoms. The van der Waals surface area contributed by atoms with Crippen LogP contribution < -0.4 is 4.90 Å². The van der Waals surface area contributed by atoms with Crippen molar-refractivity contribution in [2.24, 2.45) is 0 Å². The van der Waals surface area contributed by atoms with Gasteiger partial charge in [-0.15, -0.1) is 0 Å². The number of ether oxygens (including phenoxy) is 1. The van der Waals surface area contributed by atoms with Crippen molar-refractivity contribution < 1.29 is 18.1 Å². The highest BCUT2D eigenvalue weighted by Gasteiger charge is 2.35. The zero-order valence-electron chi connectivity index (χ0n) is 15.2. The maximum absolute atomic E-state index is 13.4. The molecule has 0 N–H and O–H groups in total. The van der Waals surface area contributed by atoms with Gasteiger partial charge in [0.2, 0.25) is 10.0 Å². The zero-order valence-corrected chi connectivity index (χ0v) is 16.8. The van der Waals surface area contributed by atoms with Crippen LogP contribution in [-0.2, 0) is 14.8 Å². The molecule has 2 fully saturated rings. The molecule has 8 nitrogen and oxygen atoms in total. The Bertz CT molecular complexity index is 956. The van der Waals surface area contributed by atoms with Crippen LogP contribution in [0.2, 0.25) is 0 Å². The lowest BCUT2D eigenvalue weighted by Gasteiger charge is -2.31. The van der Waals surface area contributed by atoms with Crippen LogP contribution in [0.5, 0.6) is 0 Å². The van der Waals surface area contributed by atoms with E-state index in [9.17, 15) is 18.5 Å². The van der Waals surface area contributed by atoms with Crippen molar-refractivity contribution in [2.75, 3.05) is 37.7 Å². The molecule has 1 atom stereocenters. The summed E-state index contributed by atoms with van der Waals surface area (Å²) >= 11 is 1.61. The number of non-ortho nitro benzene ring substituents is 1. The van der Waals surface area contributed by atoms with E-state index in [1.165, 1.54) is 16.4 Å². The first-order valence-electron chi connectivity index (χ1n) is 9.13. The summed E-state index contributed by atoms with van der Waals surface area (Å²) < 4.78 is 33.3. The van der Waals surface area contributed by atoms with E-state index >= 15 is 0 Å². The van der Waals surface area contributed by atoms with E-state index in [1.54, 1.807) is 17.4 Å². The number of hydrogen-bond donors (Lipinski definition) is 0. The van der Waals surface area contributed by atoms with E-state index in [-0.39, 0.29) is 29.7 Å². The number of anilines is 1. The van der Waals surface area contributed by atoms with Crippen LogP contribution in [0.15, 0.2) is 39.9 Å². The summed E-state index contributed by atoms with van der Waals surface area (Å²) in [6.45, 7) is 1.86. The number of rotatable bonds is 5. The molecular weight excluding hydrogens is 402 g/mol. The van der Waals surface area contributed by atoms with Crippen LogP contribution in [0, 0.1) is 10.1 Å². The molecule has 2 aliphatic heterocycles. The first-order valence-corrected chi connectivity index (χ1v) is 11.5. The van der Waals surface area contributed by atoms with Gasteiger partial charge in [-0.1, -0.05) is 0 Å². The topological polar surface area (TPSA) is 93.0 Å². The molecule has 0 radical (unpaired) electrons. The Morgan fingerprint density at radius 1 is 1.18 bits per heavy atom. The second-order valence-corrected chi connectivity index (χ2v) is 9.52. The first kappa shape index (κ1) is 19.3. The van der Waals surface area contributed by atoms with Crippen molar-refractivity contribution >= 4 is 32.7 Å². The SMILES string of the molecule is O=[N+]([O-])c1ccc(N2CCC[C@@H]2c2ccsc2)c(S(=O)(=O)N2CCOCC2)c1. The summed E-state index contributed by atoms with van der Waals surface area (Å²) in [6, 6.07) is 6.29. The number of benzene rings is 1. The lowest BCUT2D eigenvalue weighted by molar-refractivity contribution is -0.385. The Hall–Kier alpha value is -2.01. The average Bonchev–Trinajstić information content (AvgIpc) is 3.39. The van der Waals surface area contributed by atoms with E-state index in [1.807, 2.05) is 5.38 Å². The molecule has 2 saturated heterocycles. The van der Waals surface area contributed by atoms with Gasteiger partial charge in [-0.05, 0) is 41.3 Å². The molecule has 1 aromatic heterocycles. The summed E-state index contributed by atoms with van der Waals surface area (Å²) in [5.41, 5.74) is 1.46. The highest BCUT2D eigenvalue weighted by molar-refractivity contribution is 7.89. The van der Waals surface area contributed by atoms with Crippen molar-refractivity contribution in [1.82, 2.24) is 4.31 Å². The van der Waals surface area contributed by atoms with Crippen molar-refractivity contribution in [1.29, 1.82) is 0 Å². The Morgan fingerprint density at radius 3 is 2.64 bits per heavy atom. The fourth-order valence-corrected chi connectivity index (χ4v) is 6.19. The van der Waals surface area contributed by atoms with Gasteiger partial charge in [0.25, 0.3) is 5.69 Å². The normalized spacial score (nSPS) is 21.1. The summed E-state index contributed by atoms with van der Waals surface area (Å²) in [5, 5.41) is 15.4. The first-order chi connectivity index (χ1) is 13.5. The number of morpholine rings is 1. The number of sulfonamides is 1. The Morgan fingerprint density at radius 2 is 1.96 bits per heavy atom. The van der Waals surface area contributed by atoms with Crippen LogP contribution in [0.25, 0.3) is 0 Å². The third-order valence-corrected chi connectivity index (χ3v) is 7.86. The lowest BCUT2D eigenvalue weighted by Crippen LogP contribution is -2.41. The summed E-state index contributed by atoms with van der Waals surface area (Å²) in [4.78, 5) is 12.8. The van der Waals surface area contributed by atoms with Crippen molar-refractivity contribution in [3.8, 4) is 0 Å². The van der Waals surface area contributed by atoms with Crippen molar-refractivity contribution in [3.63, 3.8) is 0 Å². The van der Waals surface area contributed by atoms with E-state index in [0.29, 0.717) is 25.4 Å². The molecule has 0 saturated carbocycles. The fourth-order valence-electron chi connectivity index (χ4n) is 3.85. The predicted molar refractivity (Wildman–Crippen MR) is 106 cm³/mol. The summed E-state index contributed by atoms with van der Waals surface area (Å²) in [5.74, 6) is 0. The molecule has 4 rings (SSSR count). The molecule has 10 heteroatoms. The molecule has 150 valence electrons. The molecule has 2 aliphatic rings. The van der Waals surface area contributed by atoms with E-state index in [2.05, 4.69) is 16.3 Å². The maximum atomic E-state index is 13.4. The van der Waals surface area contributed by atoms with Crippen LogP contribution in [0.1, 0.15) is 24.4 Å². The molecule has 1 aromatic carbocycles.